The highest BCUT2D eigenvalue weighted by Gasteiger charge is 2.40. The van der Waals surface area contributed by atoms with E-state index in [4.69, 9.17) is 9.47 Å². The fourth-order valence-electron chi connectivity index (χ4n) is 4.83. The van der Waals surface area contributed by atoms with E-state index in [0.717, 1.165) is 36.0 Å². The number of methoxy groups -OCH3 is 2. The maximum atomic E-state index is 12.5. The third kappa shape index (κ3) is 4.86. The Morgan fingerprint density at radius 2 is 1.79 bits per heavy atom. The van der Waals surface area contributed by atoms with Crippen LogP contribution in [0.3, 0.4) is 0 Å². The van der Waals surface area contributed by atoms with Gasteiger partial charge in [-0.25, -0.2) is 9.97 Å². The topological polar surface area (TPSA) is 117 Å². The lowest BCUT2D eigenvalue weighted by Gasteiger charge is -2.43. The van der Waals surface area contributed by atoms with Crippen molar-refractivity contribution in [2.24, 2.45) is 5.92 Å². The molecule has 2 unspecified atom stereocenters. The van der Waals surface area contributed by atoms with Crippen LogP contribution in [0.2, 0.25) is 0 Å². The van der Waals surface area contributed by atoms with E-state index in [-0.39, 0.29) is 18.5 Å². The minimum atomic E-state index is -3.56. The Labute approximate surface area is 195 Å². The van der Waals surface area contributed by atoms with Crippen LogP contribution in [0.1, 0.15) is 33.1 Å². The number of anilines is 1. The lowest BCUT2D eigenvalue weighted by atomic mass is 9.81. The summed E-state index contributed by atoms with van der Waals surface area (Å²) in [6.07, 6.45) is 3.72. The summed E-state index contributed by atoms with van der Waals surface area (Å²) in [6.45, 7) is 5.51. The van der Waals surface area contributed by atoms with Gasteiger partial charge in [0.2, 0.25) is 0 Å². The van der Waals surface area contributed by atoms with Gasteiger partial charge < -0.3 is 19.5 Å². The first-order valence-electron chi connectivity index (χ1n) is 11.3. The number of hydrogen-bond acceptors (Lipinski definition) is 8. The zero-order chi connectivity index (χ0) is 23.8. The second-order valence-electron chi connectivity index (χ2n) is 9.19. The van der Waals surface area contributed by atoms with Gasteiger partial charge in [0, 0.05) is 43.7 Å². The van der Waals surface area contributed by atoms with Gasteiger partial charge in [-0.3, -0.25) is 0 Å². The monoisotopic (exact) mass is 479 g/mol. The molecule has 2 fully saturated rings. The van der Waals surface area contributed by atoms with Crippen molar-refractivity contribution in [2.75, 3.05) is 45.3 Å². The number of ether oxygens (including phenoxy) is 2. The zero-order valence-electron chi connectivity index (χ0n) is 19.6. The van der Waals surface area contributed by atoms with E-state index < -0.39 is 15.8 Å². The summed E-state index contributed by atoms with van der Waals surface area (Å²) in [6, 6.07) is 3.65. The average molecular weight is 480 g/mol. The Bertz CT molecular complexity index is 1100. The van der Waals surface area contributed by atoms with E-state index in [0.29, 0.717) is 31.1 Å². The van der Waals surface area contributed by atoms with Crippen LogP contribution < -0.4 is 19.1 Å². The van der Waals surface area contributed by atoms with Gasteiger partial charge in [0.25, 0.3) is 10.2 Å². The predicted molar refractivity (Wildman–Crippen MR) is 126 cm³/mol. The summed E-state index contributed by atoms with van der Waals surface area (Å²) in [5.74, 6) is 2.02. The second kappa shape index (κ2) is 9.21. The predicted octanol–water partition coefficient (Wildman–Crippen LogP) is 1.54. The van der Waals surface area contributed by atoms with Crippen LogP contribution in [0.15, 0.2) is 18.5 Å². The number of rotatable bonds is 6. The third-order valence-corrected chi connectivity index (χ3v) is 8.48. The van der Waals surface area contributed by atoms with E-state index in [1.54, 1.807) is 27.5 Å². The van der Waals surface area contributed by atoms with E-state index in [2.05, 4.69) is 19.6 Å². The molecule has 2 saturated heterocycles. The maximum Gasteiger partial charge on any atom is 0.279 e. The molecule has 2 aliphatic rings. The van der Waals surface area contributed by atoms with E-state index in [1.807, 2.05) is 19.1 Å². The Kier molecular flexibility index (Phi) is 6.68. The van der Waals surface area contributed by atoms with Crippen LogP contribution in [-0.4, -0.2) is 79.8 Å². The van der Waals surface area contributed by atoms with Gasteiger partial charge in [0.15, 0.2) is 11.5 Å². The number of nitrogens with one attached hydrogen (secondary N) is 1. The molecule has 0 amide bonds. The van der Waals surface area contributed by atoms with Crippen LogP contribution in [0.5, 0.6) is 11.5 Å². The first-order valence-corrected chi connectivity index (χ1v) is 12.7. The van der Waals surface area contributed by atoms with E-state index in [1.165, 1.54) is 4.31 Å². The Hall–Kier alpha value is -2.21. The van der Waals surface area contributed by atoms with Gasteiger partial charge in [-0.15, -0.1) is 0 Å². The first-order chi connectivity index (χ1) is 15.6. The molecule has 0 bridgehead atoms. The minimum Gasteiger partial charge on any atom is -0.493 e. The molecule has 2 N–H and O–H groups in total. The van der Waals surface area contributed by atoms with Gasteiger partial charge in [0.1, 0.15) is 12.1 Å². The van der Waals surface area contributed by atoms with Crippen molar-refractivity contribution in [2.45, 2.75) is 44.8 Å². The molecular formula is C22H33N5O5S. The lowest BCUT2D eigenvalue weighted by molar-refractivity contribution is -0.0256. The first kappa shape index (κ1) is 23.9. The van der Waals surface area contributed by atoms with Crippen LogP contribution in [0.25, 0.3) is 10.9 Å². The summed E-state index contributed by atoms with van der Waals surface area (Å²) < 4.78 is 39.8. The van der Waals surface area contributed by atoms with Crippen molar-refractivity contribution >= 4 is 26.9 Å². The summed E-state index contributed by atoms with van der Waals surface area (Å²) >= 11 is 0. The molecule has 2 aromatic rings. The Morgan fingerprint density at radius 3 is 2.42 bits per heavy atom. The zero-order valence-corrected chi connectivity index (χ0v) is 20.4. The smallest absolute Gasteiger partial charge is 0.279 e. The van der Waals surface area contributed by atoms with Crippen LogP contribution in [0.4, 0.5) is 5.82 Å². The fourth-order valence-corrected chi connectivity index (χ4v) is 6.38. The minimum absolute atomic E-state index is 0.0222. The van der Waals surface area contributed by atoms with Gasteiger partial charge in [0.05, 0.1) is 25.3 Å². The van der Waals surface area contributed by atoms with Gasteiger partial charge >= 0.3 is 0 Å². The quantitative estimate of drug-likeness (QED) is 0.641. The molecule has 2 atom stereocenters. The van der Waals surface area contributed by atoms with Crippen molar-refractivity contribution in [3.63, 3.8) is 0 Å². The molecule has 0 aliphatic carbocycles. The van der Waals surface area contributed by atoms with Gasteiger partial charge in [-0.1, -0.05) is 0 Å². The summed E-state index contributed by atoms with van der Waals surface area (Å²) in [5.41, 5.74) is -0.352. The number of nitrogens with zero attached hydrogens (tertiary/aromatic N) is 4. The second-order valence-corrected chi connectivity index (χ2v) is 10.9. The number of piperidine rings is 1. The number of benzene rings is 1. The van der Waals surface area contributed by atoms with E-state index in [9.17, 15) is 13.5 Å². The number of fused-ring (bicyclic) bond motifs is 1. The van der Waals surface area contributed by atoms with Gasteiger partial charge in [-0.05, 0) is 45.1 Å². The van der Waals surface area contributed by atoms with Crippen molar-refractivity contribution in [3.05, 3.63) is 18.5 Å². The van der Waals surface area contributed by atoms with E-state index >= 15 is 0 Å². The number of β-amino-alcohol motifs (C(OH)–C–C–N with tert-alkyl or cyclic N) is 1. The maximum absolute atomic E-state index is 12.5. The van der Waals surface area contributed by atoms with Crippen LogP contribution in [0, 0.1) is 5.92 Å². The molecule has 3 heterocycles. The average Bonchev–Trinajstić information content (AvgIpc) is 2.79. The lowest BCUT2D eigenvalue weighted by Crippen LogP contribution is -2.57. The highest BCUT2D eigenvalue weighted by Crippen LogP contribution is 2.37. The normalized spacial score (nSPS) is 23.9. The molecule has 2 aliphatic heterocycles. The standard InChI is InChI=1S/C22H33N5O5S/c1-15-5-10-27(33(29,30)25-15)13-22(2,28)16-6-8-26(9-7-16)21-17-11-19(31-3)20(32-4)12-18(17)23-14-24-21/h11-12,14-16,25,28H,5-10,13H2,1-4H3. The highest BCUT2D eigenvalue weighted by atomic mass is 32.2. The summed E-state index contributed by atoms with van der Waals surface area (Å²) in [7, 11) is -0.373. The molecule has 0 spiro atoms. The van der Waals surface area contributed by atoms with Crippen molar-refractivity contribution in [1.82, 2.24) is 19.0 Å². The van der Waals surface area contributed by atoms with Crippen LogP contribution >= 0.6 is 0 Å². The molecule has 0 radical (unpaired) electrons. The van der Waals surface area contributed by atoms with Crippen molar-refractivity contribution < 1.29 is 23.0 Å². The molecule has 1 aromatic heterocycles. The summed E-state index contributed by atoms with van der Waals surface area (Å²) in [5, 5.41) is 12.1. The van der Waals surface area contributed by atoms with Crippen molar-refractivity contribution in [3.8, 4) is 11.5 Å². The number of aromatic nitrogens is 2. The SMILES string of the molecule is COc1cc2ncnc(N3CCC(C(C)(O)CN4CCC(C)NS4(=O)=O)CC3)c2cc1OC. The largest absolute Gasteiger partial charge is 0.493 e. The molecule has 10 nitrogen and oxygen atoms in total. The molecule has 1 aromatic carbocycles. The molecule has 33 heavy (non-hydrogen) atoms. The molecular weight excluding hydrogens is 446 g/mol. The molecule has 4 rings (SSSR count). The fraction of sp³-hybridized carbons (Fsp3) is 0.636. The van der Waals surface area contributed by atoms with Crippen LogP contribution in [-0.2, 0) is 10.2 Å². The number of hydrogen-bond donors (Lipinski definition) is 2. The van der Waals surface area contributed by atoms with Gasteiger partial charge in [-0.2, -0.15) is 17.4 Å². The molecule has 11 heteroatoms. The molecule has 182 valence electrons. The molecule has 0 saturated carbocycles. The highest BCUT2D eigenvalue weighted by molar-refractivity contribution is 7.87. The third-order valence-electron chi connectivity index (χ3n) is 6.79. The Morgan fingerprint density at radius 1 is 1.12 bits per heavy atom. The van der Waals surface area contributed by atoms with Crippen molar-refractivity contribution in [1.29, 1.82) is 0 Å². The Balaban J connectivity index is 1.48. The number of aliphatic hydroxyl groups is 1. The summed E-state index contributed by atoms with van der Waals surface area (Å²) in [4.78, 5) is 11.1.